The molecule has 41 heavy (non-hydrogen) atoms. The van der Waals surface area contributed by atoms with Crippen molar-refractivity contribution in [3.05, 3.63) is 58.5 Å². The van der Waals surface area contributed by atoms with Gasteiger partial charge in [-0.05, 0) is 92.5 Å². The number of aromatic hydroxyl groups is 1. The highest BCUT2D eigenvalue weighted by Gasteiger charge is 2.78. The van der Waals surface area contributed by atoms with Gasteiger partial charge in [-0.1, -0.05) is 31.2 Å². The summed E-state index contributed by atoms with van der Waals surface area (Å²) in [4.78, 5) is 4.17. The fourth-order valence-electron chi connectivity index (χ4n) is 10.7. The lowest BCUT2D eigenvalue weighted by Gasteiger charge is -2.73. The maximum absolute atomic E-state index is 11.1. The second kappa shape index (κ2) is 8.72. The molecule has 3 saturated carbocycles. The Morgan fingerprint density at radius 3 is 2.83 bits per heavy atom. The topological polar surface area (TPSA) is 51.2 Å². The molecule has 0 amide bonds. The van der Waals surface area contributed by atoms with E-state index in [-0.39, 0.29) is 28.5 Å². The van der Waals surface area contributed by atoms with E-state index in [1.807, 2.05) is 24.5 Å². The Bertz CT molecular complexity index is 1500. The lowest BCUT2D eigenvalue weighted by molar-refractivity contribution is -0.266. The van der Waals surface area contributed by atoms with Crippen molar-refractivity contribution < 1.29 is 19.3 Å². The standard InChI is InChI=1S/C35H41NO4S/c1-21-11-12-34-19-33(21,20-39-18-25-15-23-5-3-4-6-27(23)41-25)31(38-2)32-35(34)13-14-36(17-22-7-8-22)28(34)16-24-9-10-26(37)30(40-32)29(24)35/h3-6,9-10,15,21-22,28,31-32,37H,7-8,11-14,16-20H2,1-2H3/t21?,28-,31?,32+,33+,34-,35+/m1/s1. The van der Waals surface area contributed by atoms with E-state index in [0.717, 1.165) is 37.5 Å². The predicted octanol–water partition coefficient (Wildman–Crippen LogP) is 6.68. The van der Waals surface area contributed by atoms with Crippen molar-refractivity contribution in [3.63, 3.8) is 0 Å². The third-order valence-corrected chi connectivity index (χ3v) is 13.7. The molecule has 5 nitrogen and oxygen atoms in total. The van der Waals surface area contributed by atoms with E-state index in [2.05, 4.69) is 48.2 Å². The van der Waals surface area contributed by atoms with Crippen molar-refractivity contribution in [2.24, 2.45) is 22.7 Å². The highest BCUT2D eigenvalue weighted by Crippen LogP contribution is 2.76. The van der Waals surface area contributed by atoms with E-state index in [0.29, 0.717) is 30.9 Å². The Balaban J connectivity index is 1.14. The first-order valence-corrected chi connectivity index (χ1v) is 16.6. The summed E-state index contributed by atoms with van der Waals surface area (Å²) in [5, 5.41) is 12.4. The lowest BCUT2D eigenvalue weighted by Crippen LogP contribution is -2.79. The monoisotopic (exact) mass is 571 g/mol. The number of benzene rings is 2. The van der Waals surface area contributed by atoms with Gasteiger partial charge in [-0.15, -0.1) is 11.3 Å². The van der Waals surface area contributed by atoms with Crippen molar-refractivity contribution in [1.82, 2.24) is 4.90 Å². The third kappa shape index (κ3) is 3.23. The minimum atomic E-state index is -0.131. The predicted molar refractivity (Wildman–Crippen MR) is 161 cm³/mol. The molecule has 9 rings (SSSR count). The van der Waals surface area contributed by atoms with Crippen LogP contribution in [-0.2, 0) is 27.9 Å². The van der Waals surface area contributed by atoms with E-state index < -0.39 is 0 Å². The van der Waals surface area contributed by atoms with E-state index in [4.69, 9.17) is 14.2 Å². The number of likely N-dealkylation sites (tertiary alicyclic amines) is 1. The van der Waals surface area contributed by atoms with Crippen molar-refractivity contribution in [2.45, 2.75) is 82.1 Å². The fourth-order valence-corrected chi connectivity index (χ4v) is 11.7. The molecule has 3 heterocycles. The Morgan fingerprint density at radius 1 is 1.12 bits per heavy atom. The molecule has 2 spiro atoms. The summed E-state index contributed by atoms with van der Waals surface area (Å²) in [5.41, 5.74) is 2.61. The summed E-state index contributed by atoms with van der Waals surface area (Å²) < 4.78 is 21.7. The largest absolute Gasteiger partial charge is 0.504 e. The zero-order valence-electron chi connectivity index (χ0n) is 24.2. The van der Waals surface area contributed by atoms with Gasteiger partial charge < -0.3 is 19.3 Å². The quantitative estimate of drug-likeness (QED) is 0.343. The van der Waals surface area contributed by atoms with Crippen molar-refractivity contribution in [3.8, 4) is 11.5 Å². The number of nitrogens with zero attached hydrogens (tertiary/aromatic N) is 1. The Labute approximate surface area is 246 Å². The van der Waals surface area contributed by atoms with Crippen LogP contribution >= 0.6 is 11.3 Å². The molecule has 7 atom stereocenters. The molecule has 4 aliphatic carbocycles. The number of hydrogen-bond donors (Lipinski definition) is 1. The molecule has 216 valence electrons. The number of hydrogen-bond acceptors (Lipinski definition) is 6. The van der Waals surface area contributed by atoms with Gasteiger partial charge in [0.15, 0.2) is 11.5 Å². The number of phenols is 1. The highest BCUT2D eigenvalue weighted by molar-refractivity contribution is 7.19. The average Bonchev–Trinajstić information content (AvgIpc) is 3.58. The van der Waals surface area contributed by atoms with Crippen molar-refractivity contribution >= 4 is 21.4 Å². The maximum atomic E-state index is 11.1. The molecule has 1 aromatic heterocycles. The van der Waals surface area contributed by atoms with E-state index in [1.54, 1.807) is 0 Å². The molecular weight excluding hydrogens is 530 g/mol. The van der Waals surface area contributed by atoms with Crippen molar-refractivity contribution in [2.75, 3.05) is 26.8 Å². The molecule has 4 fully saturated rings. The maximum Gasteiger partial charge on any atom is 0.165 e. The summed E-state index contributed by atoms with van der Waals surface area (Å²) in [5.74, 6) is 2.40. The van der Waals surface area contributed by atoms with Gasteiger partial charge in [0.25, 0.3) is 0 Å². The number of rotatable bonds is 7. The minimum Gasteiger partial charge on any atom is -0.504 e. The second-order valence-electron chi connectivity index (χ2n) is 14.3. The van der Waals surface area contributed by atoms with Crippen LogP contribution in [0.3, 0.4) is 0 Å². The molecule has 6 aliphatic rings. The van der Waals surface area contributed by atoms with Crippen LogP contribution in [-0.4, -0.2) is 55.1 Å². The smallest absolute Gasteiger partial charge is 0.165 e. The van der Waals surface area contributed by atoms with Gasteiger partial charge in [-0.3, -0.25) is 4.90 Å². The van der Waals surface area contributed by atoms with Crippen LogP contribution in [0, 0.1) is 22.7 Å². The summed E-state index contributed by atoms with van der Waals surface area (Å²) in [7, 11) is 1.89. The Hall–Kier alpha value is -2.12. The molecule has 3 aromatic rings. The molecule has 4 bridgehead atoms. The van der Waals surface area contributed by atoms with Gasteiger partial charge in [0.1, 0.15) is 12.2 Å². The van der Waals surface area contributed by atoms with E-state index in [9.17, 15) is 5.11 Å². The van der Waals surface area contributed by atoms with Crippen LogP contribution in [0.5, 0.6) is 11.5 Å². The SMILES string of the molecule is COC1[C@@H]2Oc3c(O)ccc4c3[C@@]23CCN(CC2CC2)[C@H](C4)[C@]32CCC(C)[C@@]1(COCc1cc3ccccc3s1)C2. The van der Waals surface area contributed by atoms with Gasteiger partial charge in [0.2, 0.25) is 0 Å². The van der Waals surface area contributed by atoms with Gasteiger partial charge in [0.05, 0.1) is 13.2 Å². The number of thiophene rings is 1. The molecule has 1 saturated heterocycles. The number of ether oxygens (including phenoxy) is 3. The van der Waals surface area contributed by atoms with E-state index >= 15 is 0 Å². The molecular formula is C35H41NO4S. The summed E-state index contributed by atoms with van der Waals surface area (Å²) in [6.45, 7) is 6.12. The van der Waals surface area contributed by atoms with Gasteiger partial charge >= 0.3 is 0 Å². The average molecular weight is 572 g/mol. The summed E-state index contributed by atoms with van der Waals surface area (Å²) in [6, 6.07) is 15.5. The van der Waals surface area contributed by atoms with E-state index in [1.165, 1.54) is 58.3 Å². The molecule has 1 N–H and O–H groups in total. The Morgan fingerprint density at radius 2 is 2.00 bits per heavy atom. The number of fused-ring (bicyclic) bond motifs is 2. The Kier molecular flexibility index (Phi) is 5.40. The molecule has 0 radical (unpaired) electrons. The van der Waals surface area contributed by atoms with Crippen LogP contribution in [0.4, 0.5) is 0 Å². The van der Waals surface area contributed by atoms with Crippen molar-refractivity contribution in [1.29, 1.82) is 0 Å². The fraction of sp³-hybridized carbons (Fsp3) is 0.600. The minimum absolute atomic E-state index is 0.0817. The number of methoxy groups -OCH3 is 1. The molecule has 2 aromatic carbocycles. The van der Waals surface area contributed by atoms with Crippen LogP contribution < -0.4 is 4.74 Å². The first kappa shape index (κ1) is 25.4. The lowest BCUT2D eigenvalue weighted by atomic mass is 9.35. The van der Waals surface area contributed by atoms with Gasteiger partial charge in [0, 0.05) is 51.1 Å². The number of phenolic OH excluding ortho intramolecular Hbond substituents is 1. The van der Waals surface area contributed by atoms with Crippen LogP contribution in [0.1, 0.15) is 61.5 Å². The van der Waals surface area contributed by atoms with Crippen LogP contribution in [0.15, 0.2) is 42.5 Å². The number of piperidine rings is 1. The van der Waals surface area contributed by atoms with Crippen LogP contribution in [0.2, 0.25) is 0 Å². The highest BCUT2D eigenvalue weighted by atomic mass is 32.1. The summed E-state index contributed by atoms with van der Waals surface area (Å²) in [6.07, 6.45) is 8.30. The summed E-state index contributed by atoms with van der Waals surface area (Å²) >= 11 is 1.84. The molecule has 2 unspecified atom stereocenters. The van der Waals surface area contributed by atoms with Gasteiger partial charge in [-0.25, -0.2) is 0 Å². The normalized spacial score (nSPS) is 38.6. The third-order valence-electron chi connectivity index (χ3n) is 12.6. The first-order valence-electron chi connectivity index (χ1n) is 15.8. The van der Waals surface area contributed by atoms with Gasteiger partial charge in [-0.2, -0.15) is 0 Å². The van der Waals surface area contributed by atoms with Crippen LogP contribution in [0.25, 0.3) is 10.1 Å². The first-order chi connectivity index (χ1) is 20.0. The zero-order valence-corrected chi connectivity index (χ0v) is 25.1. The molecule has 2 aliphatic heterocycles. The second-order valence-corrected chi connectivity index (χ2v) is 15.4. The zero-order chi connectivity index (χ0) is 27.6. The molecule has 6 heteroatoms.